The first-order valence-electron chi connectivity index (χ1n) is 10.5. The van der Waals surface area contributed by atoms with Crippen LogP contribution >= 0.6 is 0 Å². The topological polar surface area (TPSA) is 119 Å². The lowest BCUT2D eigenvalue weighted by atomic mass is 9.91. The highest BCUT2D eigenvalue weighted by Crippen LogP contribution is 2.29. The molecule has 2 heterocycles. The predicted molar refractivity (Wildman–Crippen MR) is 119 cm³/mol. The highest BCUT2D eigenvalue weighted by Gasteiger charge is 2.24. The van der Waals surface area contributed by atoms with Crippen LogP contribution in [0, 0.1) is 17.5 Å². The van der Waals surface area contributed by atoms with E-state index in [0.717, 1.165) is 37.8 Å². The fourth-order valence-electron chi connectivity index (χ4n) is 3.88. The van der Waals surface area contributed by atoms with E-state index in [-0.39, 0.29) is 40.5 Å². The minimum atomic E-state index is -1.03. The Bertz CT molecular complexity index is 1190. The molecule has 3 aromatic rings. The van der Waals surface area contributed by atoms with E-state index in [1.807, 2.05) is 0 Å². The van der Waals surface area contributed by atoms with Crippen molar-refractivity contribution < 1.29 is 18.0 Å². The lowest BCUT2D eigenvalue weighted by molar-refractivity contribution is 0.100. The second-order valence-electron chi connectivity index (χ2n) is 7.93. The third-order valence-electron chi connectivity index (χ3n) is 5.63. The summed E-state index contributed by atoms with van der Waals surface area (Å²) < 4.78 is 42.5. The average Bonchev–Trinajstić information content (AvgIpc) is 2.79. The van der Waals surface area contributed by atoms with Gasteiger partial charge in [0.25, 0.3) is 5.91 Å². The number of benzene rings is 1. The van der Waals surface area contributed by atoms with Crippen LogP contribution in [0.4, 0.5) is 30.5 Å². The van der Waals surface area contributed by atoms with E-state index in [2.05, 4.69) is 20.6 Å². The van der Waals surface area contributed by atoms with Gasteiger partial charge in [-0.1, -0.05) is 18.9 Å². The van der Waals surface area contributed by atoms with E-state index >= 15 is 0 Å². The molecule has 0 aliphatic heterocycles. The summed E-state index contributed by atoms with van der Waals surface area (Å²) in [6.07, 6.45) is 4.96. The number of pyridine rings is 2. The predicted octanol–water partition coefficient (Wildman–Crippen LogP) is 4.09. The number of aromatic nitrogens is 2. The van der Waals surface area contributed by atoms with E-state index in [0.29, 0.717) is 5.69 Å². The van der Waals surface area contributed by atoms with Crippen molar-refractivity contribution in [2.24, 2.45) is 11.5 Å². The molecule has 1 saturated carbocycles. The van der Waals surface area contributed by atoms with Crippen molar-refractivity contribution >= 4 is 23.2 Å². The van der Waals surface area contributed by atoms with Crippen molar-refractivity contribution in [1.82, 2.24) is 9.97 Å². The molecule has 1 aromatic carbocycles. The van der Waals surface area contributed by atoms with Gasteiger partial charge >= 0.3 is 0 Å². The minimum absolute atomic E-state index is 0.00708. The van der Waals surface area contributed by atoms with Crippen molar-refractivity contribution in [3.8, 4) is 11.3 Å². The molecular weight excluding hydrogens is 433 g/mol. The Morgan fingerprint density at radius 3 is 2.58 bits per heavy atom. The van der Waals surface area contributed by atoms with E-state index in [1.165, 1.54) is 24.4 Å². The summed E-state index contributed by atoms with van der Waals surface area (Å²) in [6.45, 7) is 0. The standard InChI is InChI=1S/C23H23F3N6O/c24-15-5-3-4-13(20(15)26)19-10-12(8-9-29-19)30-22-14(21(28)33)11-16(25)23(32-22)31-18-7-2-1-6-17(18)27/h3-5,8-11,17-18H,1-2,6-7,27H2,(H2,28,33)(H2,29,30,31,32)/t17?,18-/m1/s1. The van der Waals surface area contributed by atoms with Crippen LogP contribution in [0.3, 0.4) is 0 Å². The maximum atomic E-state index is 14.7. The van der Waals surface area contributed by atoms with Gasteiger partial charge in [-0.05, 0) is 43.2 Å². The minimum Gasteiger partial charge on any atom is -0.365 e. The summed E-state index contributed by atoms with van der Waals surface area (Å²) in [7, 11) is 0. The molecule has 4 rings (SSSR count). The van der Waals surface area contributed by atoms with Gasteiger partial charge in [0.2, 0.25) is 0 Å². The summed E-state index contributed by atoms with van der Waals surface area (Å²) in [6, 6.07) is 7.48. The zero-order chi connectivity index (χ0) is 23.5. The summed E-state index contributed by atoms with van der Waals surface area (Å²) in [4.78, 5) is 20.2. The Morgan fingerprint density at radius 2 is 1.82 bits per heavy atom. The van der Waals surface area contributed by atoms with Crippen molar-refractivity contribution in [2.45, 2.75) is 37.8 Å². The molecule has 1 fully saturated rings. The Labute approximate surface area is 188 Å². The fourth-order valence-corrected chi connectivity index (χ4v) is 3.88. The number of carbonyl (C=O) groups excluding carboxylic acids is 1. The van der Waals surface area contributed by atoms with Gasteiger partial charge in [0, 0.05) is 29.5 Å². The van der Waals surface area contributed by atoms with Crippen molar-refractivity contribution in [1.29, 1.82) is 0 Å². The number of hydrogen-bond acceptors (Lipinski definition) is 6. The van der Waals surface area contributed by atoms with Crippen molar-refractivity contribution in [3.05, 3.63) is 65.6 Å². The quantitative estimate of drug-likeness (QED) is 0.444. The van der Waals surface area contributed by atoms with Gasteiger partial charge in [-0.15, -0.1) is 0 Å². The van der Waals surface area contributed by atoms with Crippen LogP contribution in [0.1, 0.15) is 36.0 Å². The second-order valence-corrected chi connectivity index (χ2v) is 7.93. The maximum Gasteiger partial charge on any atom is 0.252 e. The molecule has 0 bridgehead atoms. The van der Waals surface area contributed by atoms with Gasteiger partial charge in [0.1, 0.15) is 5.82 Å². The van der Waals surface area contributed by atoms with Crippen LogP contribution in [0.2, 0.25) is 0 Å². The highest BCUT2D eigenvalue weighted by atomic mass is 19.2. The summed E-state index contributed by atoms with van der Waals surface area (Å²) in [5, 5.41) is 5.94. The summed E-state index contributed by atoms with van der Waals surface area (Å²) in [5.74, 6) is -3.70. The number of anilines is 3. The fraction of sp³-hybridized carbons (Fsp3) is 0.261. The monoisotopic (exact) mass is 456 g/mol. The average molecular weight is 456 g/mol. The zero-order valence-electron chi connectivity index (χ0n) is 17.6. The van der Waals surface area contributed by atoms with E-state index in [4.69, 9.17) is 11.5 Å². The molecule has 2 atom stereocenters. The smallest absolute Gasteiger partial charge is 0.252 e. The molecule has 2 aromatic heterocycles. The Kier molecular flexibility index (Phi) is 6.45. The third-order valence-corrected chi connectivity index (χ3v) is 5.63. The van der Waals surface area contributed by atoms with Crippen LogP contribution in [0.25, 0.3) is 11.3 Å². The van der Waals surface area contributed by atoms with Gasteiger partial charge in [-0.3, -0.25) is 9.78 Å². The number of nitrogens with two attached hydrogens (primary N) is 2. The third kappa shape index (κ3) is 4.90. The Balaban J connectivity index is 1.67. The molecule has 172 valence electrons. The summed E-state index contributed by atoms with van der Waals surface area (Å²) >= 11 is 0. The van der Waals surface area contributed by atoms with Crippen LogP contribution < -0.4 is 22.1 Å². The normalized spacial score (nSPS) is 18.1. The number of halogens is 3. The van der Waals surface area contributed by atoms with E-state index in [9.17, 15) is 18.0 Å². The number of rotatable bonds is 6. The number of carbonyl (C=O) groups is 1. The molecular formula is C23H23F3N6O. The highest BCUT2D eigenvalue weighted by molar-refractivity contribution is 5.98. The molecule has 1 aliphatic rings. The zero-order valence-corrected chi connectivity index (χ0v) is 17.6. The molecule has 0 radical (unpaired) electrons. The molecule has 1 amide bonds. The molecule has 33 heavy (non-hydrogen) atoms. The molecule has 7 nitrogen and oxygen atoms in total. The Morgan fingerprint density at radius 1 is 1.03 bits per heavy atom. The molecule has 0 saturated heterocycles. The number of primary amides is 1. The van der Waals surface area contributed by atoms with Crippen LogP contribution in [0.15, 0.2) is 42.6 Å². The SMILES string of the molecule is NC(=O)c1cc(F)c(N[C@@H]2CCCCC2N)nc1Nc1ccnc(-c2cccc(F)c2F)c1. The second kappa shape index (κ2) is 9.45. The van der Waals surface area contributed by atoms with Gasteiger partial charge < -0.3 is 22.1 Å². The lowest BCUT2D eigenvalue weighted by Crippen LogP contribution is -2.43. The lowest BCUT2D eigenvalue weighted by Gasteiger charge is -2.30. The molecule has 6 N–H and O–H groups in total. The van der Waals surface area contributed by atoms with Gasteiger partial charge in [-0.2, -0.15) is 0 Å². The maximum absolute atomic E-state index is 14.7. The molecule has 10 heteroatoms. The first kappa shape index (κ1) is 22.5. The van der Waals surface area contributed by atoms with Crippen LogP contribution in [-0.2, 0) is 0 Å². The first-order valence-corrected chi connectivity index (χ1v) is 10.5. The largest absolute Gasteiger partial charge is 0.365 e. The van der Waals surface area contributed by atoms with Gasteiger partial charge in [-0.25, -0.2) is 18.2 Å². The van der Waals surface area contributed by atoms with Crippen LogP contribution in [-0.4, -0.2) is 28.0 Å². The number of hydrogen-bond donors (Lipinski definition) is 4. The van der Waals surface area contributed by atoms with Gasteiger partial charge in [0.15, 0.2) is 23.3 Å². The van der Waals surface area contributed by atoms with Crippen molar-refractivity contribution in [2.75, 3.05) is 10.6 Å². The van der Waals surface area contributed by atoms with Crippen LogP contribution in [0.5, 0.6) is 0 Å². The van der Waals surface area contributed by atoms with Crippen molar-refractivity contribution in [3.63, 3.8) is 0 Å². The molecule has 1 aliphatic carbocycles. The van der Waals surface area contributed by atoms with Gasteiger partial charge in [0.05, 0.1) is 11.3 Å². The van der Waals surface area contributed by atoms with E-state index in [1.54, 1.807) is 6.07 Å². The number of amides is 1. The Hall–Kier alpha value is -3.66. The molecule has 0 spiro atoms. The van der Waals surface area contributed by atoms with E-state index < -0.39 is 23.4 Å². The number of nitrogens with zero attached hydrogens (tertiary/aromatic N) is 2. The first-order chi connectivity index (χ1) is 15.8. The number of nitrogens with one attached hydrogen (secondary N) is 2. The summed E-state index contributed by atoms with van der Waals surface area (Å²) in [5.41, 5.74) is 11.9. The molecule has 1 unspecified atom stereocenters.